The molecule has 1 unspecified atom stereocenters. The van der Waals surface area contributed by atoms with Crippen LogP contribution in [0.3, 0.4) is 0 Å². The molecule has 2 aromatic heterocycles. The molecule has 0 amide bonds. The van der Waals surface area contributed by atoms with Gasteiger partial charge in [0, 0.05) is 28.1 Å². The molecule has 0 aliphatic rings. The van der Waals surface area contributed by atoms with E-state index in [4.69, 9.17) is 5.84 Å². The zero-order valence-corrected chi connectivity index (χ0v) is 14.2. The fourth-order valence-electron chi connectivity index (χ4n) is 1.94. The summed E-state index contributed by atoms with van der Waals surface area (Å²) in [6.45, 7) is 2.96. The van der Waals surface area contributed by atoms with Gasteiger partial charge in [-0.1, -0.05) is 6.92 Å². The van der Waals surface area contributed by atoms with Crippen LogP contribution in [0.5, 0.6) is 0 Å². The first-order valence-electron chi connectivity index (χ1n) is 6.29. The minimum Gasteiger partial charge on any atom is -0.271 e. The maximum Gasteiger partial charge on any atom is 0.138 e. The third-order valence-electron chi connectivity index (χ3n) is 2.89. The molecule has 0 aliphatic carbocycles. The van der Waals surface area contributed by atoms with Crippen molar-refractivity contribution in [2.45, 2.75) is 32.4 Å². The first kappa shape index (κ1) is 15.6. The summed E-state index contributed by atoms with van der Waals surface area (Å²) in [4.78, 5) is 8.71. The zero-order chi connectivity index (χ0) is 14.5. The van der Waals surface area contributed by atoms with Gasteiger partial charge in [-0.25, -0.2) is 4.98 Å². The molecule has 20 heavy (non-hydrogen) atoms. The molecule has 0 bridgehead atoms. The molecule has 0 aromatic carbocycles. The van der Waals surface area contributed by atoms with Gasteiger partial charge in [0.05, 0.1) is 11.7 Å². The van der Waals surface area contributed by atoms with E-state index in [2.05, 4.69) is 59.3 Å². The van der Waals surface area contributed by atoms with Crippen molar-refractivity contribution in [3.05, 3.63) is 39.1 Å². The number of nitrogens with two attached hydrogens (primary N) is 1. The maximum atomic E-state index is 5.67. The van der Waals surface area contributed by atoms with E-state index in [0.717, 1.165) is 33.4 Å². The Morgan fingerprint density at radius 1 is 1.40 bits per heavy atom. The van der Waals surface area contributed by atoms with E-state index in [9.17, 15) is 0 Å². The van der Waals surface area contributed by atoms with Gasteiger partial charge >= 0.3 is 0 Å². The summed E-state index contributed by atoms with van der Waals surface area (Å²) >= 11 is 6.90. The van der Waals surface area contributed by atoms with Gasteiger partial charge in [-0.2, -0.15) is 5.10 Å². The van der Waals surface area contributed by atoms with E-state index in [0.29, 0.717) is 6.42 Å². The number of rotatable bonds is 6. The summed E-state index contributed by atoms with van der Waals surface area (Å²) < 4.78 is 3.71. The summed E-state index contributed by atoms with van der Waals surface area (Å²) in [6, 6.07) is 1.82. The van der Waals surface area contributed by atoms with E-state index in [1.54, 1.807) is 12.5 Å². The molecule has 0 saturated heterocycles. The Balaban J connectivity index is 2.22. The summed E-state index contributed by atoms with van der Waals surface area (Å²) in [5.41, 5.74) is 3.65. The van der Waals surface area contributed by atoms with Crippen molar-refractivity contribution >= 4 is 31.9 Å². The Bertz CT molecular complexity index is 571. The van der Waals surface area contributed by atoms with Crippen LogP contribution in [0.4, 0.5) is 0 Å². The molecule has 0 saturated carbocycles. The predicted octanol–water partition coefficient (Wildman–Crippen LogP) is 2.36. The molecule has 6 nitrogen and oxygen atoms in total. The van der Waals surface area contributed by atoms with Crippen molar-refractivity contribution in [3.63, 3.8) is 0 Å². The molecule has 3 N–H and O–H groups in total. The van der Waals surface area contributed by atoms with Crippen molar-refractivity contribution in [2.24, 2.45) is 5.84 Å². The quantitative estimate of drug-likeness (QED) is 0.571. The largest absolute Gasteiger partial charge is 0.271 e. The van der Waals surface area contributed by atoms with Gasteiger partial charge in [0.25, 0.3) is 0 Å². The SMILES string of the molecule is CCCn1ncnc1CC(NN)c1ncc(Br)cc1Br. The van der Waals surface area contributed by atoms with Crippen LogP contribution in [-0.4, -0.2) is 19.7 Å². The lowest BCUT2D eigenvalue weighted by Crippen LogP contribution is -2.31. The Hall–Kier alpha value is -0.830. The van der Waals surface area contributed by atoms with Gasteiger partial charge in [0.2, 0.25) is 0 Å². The van der Waals surface area contributed by atoms with Crippen LogP contribution in [0.2, 0.25) is 0 Å². The van der Waals surface area contributed by atoms with E-state index in [1.165, 1.54) is 0 Å². The monoisotopic (exact) mass is 402 g/mol. The molecule has 0 spiro atoms. The van der Waals surface area contributed by atoms with Crippen LogP contribution in [0.1, 0.15) is 30.9 Å². The number of hydrogen-bond acceptors (Lipinski definition) is 5. The summed E-state index contributed by atoms with van der Waals surface area (Å²) in [5.74, 6) is 6.57. The molecule has 0 radical (unpaired) electrons. The van der Waals surface area contributed by atoms with Crippen LogP contribution >= 0.6 is 31.9 Å². The van der Waals surface area contributed by atoms with E-state index < -0.39 is 0 Å². The third-order valence-corrected chi connectivity index (χ3v) is 3.95. The van der Waals surface area contributed by atoms with Gasteiger partial charge in [0.1, 0.15) is 12.2 Å². The first-order chi connectivity index (χ1) is 9.65. The Morgan fingerprint density at radius 2 is 2.20 bits per heavy atom. The molecular formula is C12H16Br2N6. The van der Waals surface area contributed by atoms with Crippen LogP contribution in [0.25, 0.3) is 0 Å². The van der Waals surface area contributed by atoms with Crippen molar-refractivity contribution in [3.8, 4) is 0 Å². The smallest absolute Gasteiger partial charge is 0.138 e. The van der Waals surface area contributed by atoms with Crippen LogP contribution < -0.4 is 11.3 Å². The van der Waals surface area contributed by atoms with Crippen LogP contribution in [0.15, 0.2) is 27.5 Å². The maximum absolute atomic E-state index is 5.67. The predicted molar refractivity (Wildman–Crippen MR) is 83.7 cm³/mol. The number of halogens is 2. The van der Waals surface area contributed by atoms with Gasteiger partial charge in [0.15, 0.2) is 0 Å². The van der Waals surface area contributed by atoms with Gasteiger partial charge in [-0.15, -0.1) is 0 Å². The minimum atomic E-state index is -0.128. The molecule has 0 aliphatic heterocycles. The summed E-state index contributed by atoms with van der Waals surface area (Å²) in [7, 11) is 0. The van der Waals surface area contributed by atoms with Crippen molar-refractivity contribution in [2.75, 3.05) is 0 Å². The highest BCUT2D eigenvalue weighted by molar-refractivity contribution is 9.11. The molecule has 0 fully saturated rings. The van der Waals surface area contributed by atoms with Gasteiger partial charge in [-0.05, 0) is 44.3 Å². The first-order valence-corrected chi connectivity index (χ1v) is 7.88. The second-order valence-electron chi connectivity index (χ2n) is 4.34. The molecule has 2 rings (SSSR count). The number of hydrazine groups is 1. The number of aryl methyl sites for hydroxylation is 1. The van der Waals surface area contributed by atoms with E-state index >= 15 is 0 Å². The topological polar surface area (TPSA) is 81.7 Å². The lowest BCUT2D eigenvalue weighted by Gasteiger charge is -2.17. The highest BCUT2D eigenvalue weighted by Crippen LogP contribution is 2.26. The second kappa shape index (κ2) is 7.26. The summed E-state index contributed by atoms with van der Waals surface area (Å²) in [6.07, 6.45) is 4.96. The molecule has 108 valence electrons. The van der Waals surface area contributed by atoms with E-state index in [1.807, 2.05) is 10.7 Å². The van der Waals surface area contributed by atoms with Crippen molar-refractivity contribution in [1.82, 2.24) is 25.2 Å². The minimum absolute atomic E-state index is 0.128. The lowest BCUT2D eigenvalue weighted by atomic mass is 10.1. The third kappa shape index (κ3) is 3.63. The highest BCUT2D eigenvalue weighted by Gasteiger charge is 2.18. The second-order valence-corrected chi connectivity index (χ2v) is 6.11. The standard InChI is InChI=1S/C12H16Br2N6/c1-2-3-20-11(17-7-18-20)5-10(19-15)12-9(14)4-8(13)6-16-12/h4,6-7,10,19H,2-3,5,15H2,1H3. The number of hydrogen-bond donors (Lipinski definition) is 2. The van der Waals surface area contributed by atoms with Crippen molar-refractivity contribution in [1.29, 1.82) is 0 Å². The molecular weight excluding hydrogens is 388 g/mol. The Morgan fingerprint density at radius 3 is 2.85 bits per heavy atom. The van der Waals surface area contributed by atoms with Crippen LogP contribution in [-0.2, 0) is 13.0 Å². The van der Waals surface area contributed by atoms with E-state index in [-0.39, 0.29) is 6.04 Å². The average Bonchev–Trinajstić information content (AvgIpc) is 2.84. The molecule has 1 atom stereocenters. The summed E-state index contributed by atoms with van der Waals surface area (Å²) in [5, 5.41) is 4.22. The number of pyridine rings is 1. The Labute approximate surface area is 134 Å². The fraction of sp³-hybridized carbons (Fsp3) is 0.417. The average molecular weight is 404 g/mol. The lowest BCUT2D eigenvalue weighted by molar-refractivity contribution is 0.490. The fourth-order valence-corrected chi connectivity index (χ4v) is 3.21. The van der Waals surface area contributed by atoms with Crippen molar-refractivity contribution < 1.29 is 0 Å². The molecule has 2 aromatic rings. The zero-order valence-electron chi connectivity index (χ0n) is 11.1. The number of aromatic nitrogens is 4. The highest BCUT2D eigenvalue weighted by atomic mass is 79.9. The Kier molecular flexibility index (Phi) is 5.64. The number of nitrogens with one attached hydrogen (secondary N) is 1. The number of nitrogens with zero attached hydrogens (tertiary/aromatic N) is 4. The van der Waals surface area contributed by atoms with Gasteiger partial charge in [-0.3, -0.25) is 20.9 Å². The normalized spacial score (nSPS) is 12.6. The molecule has 2 heterocycles. The molecule has 8 heteroatoms. The van der Waals surface area contributed by atoms with Gasteiger partial charge < -0.3 is 0 Å². The van der Waals surface area contributed by atoms with Crippen LogP contribution in [0, 0.1) is 0 Å².